The van der Waals surface area contributed by atoms with Gasteiger partial charge in [0.05, 0.1) is 17.5 Å². The zero-order valence-electron chi connectivity index (χ0n) is 19.0. The summed E-state index contributed by atoms with van der Waals surface area (Å²) in [5.41, 5.74) is 8.37. The summed E-state index contributed by atoms with van der Waals surface area (Å²) in [4.78, 5) is 45.0. The average molecular weight is 475 g/mol. The molecule has 6 N–H and O–H groups in total. The molecule has 2 heterocycles. The molecule has 0 spiro atoms. The predicted octanol–water partition coefficient (Wildman–Crippen LogP) is 1.84. The molecule has 0 radical (unpaired) electrons. The standard InChI is InChI=1S/C25H26N6O4/c26-22-21(24(33)30-19-5-2-10-27-13-19)31-20(14-28-22)17-3-1-4-18(11-17)23(32)29-12-15-6-8-16(9-7-15)25(34)35/h1,3-4,6-9,11,14,19,27H,2,5,10,12-13H2,(H2,26,28)(H,29,32)(H,30,33)(H,34,35)/t19-/m0/s1. The second-order valence-corrected chi connectivity index (χ2v) is 8.27. The third kappa shape index (κ3) is 5.98. The molecule has 2 amide bonds. The van der Waals surface area contributed by atoms with E-state index in [1.165, 1.54) is 18.3 Å². The van der Waals surface area contributed by atoms with Gasteiger partial charge in [0.15, 0.2) is 11.5 Å². The average Bonchev–Trinajstić information content (AvgIpc) is 2.88. The van der Waals surface area contributed by atoms with Crippen molar-refractivity contribution in [3.63, 3.8) is 0 Å². The molecular formula is C25H26N6O4. The van der Waals surface area contributed by atoms with Crippen LogP contribution in [0.3, 0.4) is 0 Å². The predicted molar refractivity (Wildman–Crippen MR) is 130 cm³/mol. The fraction of sp³-hybridized carbons (Fsp3) is 0.240. The number of rotatable bonds is 7. The molecule has 1 aliphatic rings. The molecule has 10 nitrogen and oxygen atoms in total. The van der Waals surface area contributed by atoms with E-state index < -0.39 is 5.97 Å². The van der Waals surface area contributed by atoms with Gasteiger partial charge in [-0.1, -0.05) is 24.3 Å². The highest BCUT2D eigenvalue weighted by atomic mass is 16.4. The molecular weight excluding hydrogens is 448 g/mol. The molecule has 3 aromatic rings. The van der Waals surface area contributed by atoms with Crippen LogP contribution in [0.4, 0.5) is 5.82 Å². The van der Waals surface area contributed by atoms with Crippen LogP contribution in [0.1, 0.15) is 49.6 Å². The molecule has 1 saturated heterocycles. The second-order valence-electron chi connectivity index (χ2n) is 8.27. The van der Waals surface area contributed by atoms with E-state index >= 15 is 0 Å². The highest BCUT2D eigenvalue weighted by molar-refractivity contribution is 5.97. The van der Waals surface area contributed by atoms with Crippen molar-refractivity contribution < 1.29 is 19.5 Å². The number of aromatic nitrogens is 2. The number of aromatic carboxylic acids is 1. The Morgan fingerprint density at radius 3 is 2.60 bits per heavy atom. The SMILES string of the molecule is Nc1ncc(-c2cccc(C(=O)NCc3ccc(C(=O)O)cc3)c2)nc1C(=O)N[C@H]1CCCNC1. The molecule has 1 fully saturated rings. The number of nitrogen functional groups attached to an aromatic ring is 1. The van der Waals surface area contributed by atoms with Gasteiger partial charge >= 0.3 is 5.97 Å². The first-order valence-corrected chi connectivity index (χ1v) is 11.3. The Bertz CT molecular complexity index is 1240. The van der Waals surface area contributed by atoms with Gasteiger partial charge in [0.1, 0.15) is 0 Å². The molecule has 0 aliphatic carbocycles. The Balaban J connectivity index is 1.45. The Morgan fingerprint density at radius 2 is 1.89 bits per heavy atom. The van der Waals surface area contributed by atoms with E-state index in [2.05, 4.69) is 25.9 Å². The molecule has 0 saturated carbocycles. The number of nitrogens with two attached hydrogens (primary N) is 1. The number of anilines is 1. The highest BCUT2D eigenvalue weighted by Gasteiger charge is 2.20. The van der Waals surface area contributed by atoms with Gasteiger partial charge < -0.3 is 26.8 Å². The second kappa shape index (κ2) is 10.7. The fourth-order valence-electron chi connectivity index (χ4n) is 3.80. The van der Waals surface area contributed by atoms with E-state index in [-0.39, 0.29) is 41.5 Å². The van der Waals surface area contributed by atoms with Crippen LogP contribution in [0.2, 0.25) is 0 Å². The van der Waals surface area contributed by atoms with Crippen LogP contribution in [-0.4, -0.2) is 52.0 Å². The van der Waals surface area contributed by atoms with Gasteiger partial charge in [-0.15, -0.1) is 0 Å². The van der Waals surface area contributed by atoms with Gasteiger partial charge in [0, 0.05) is 30.3 Å². The molecule has 1 aromatic heterocycles. The monoisotopic (exact) mass is 474 g/mol. The van der Waals surface area contributed by atoms with E-state index in [4.69, 9.17) is 10.8 Å². The summed E-state index contributed by atoms with van der Waals surface area (Å²) in [5, 5.41) is 18.0. The van der Waals surface area contributed by atoms with E-state index in [0.717, 1.165) is 24.9 Å². The summed E-state index contributed by atoms with van der Waals surface area (Å²) in [6.45, 7) is 1.87. The first-order valence-electron chi connectivity index (χ1n) is 11.3. The van der Waals surface area contributed by atoms with Crippen LogP contribution >= 0.6 is 0 Å². The lowest BCUT2D eigenvalue weighted by Crippen LogP contribution is -2.46. The summed E-state index contributed by atoms with van der Waals surface area (Å²) in [5.74, 6) is -1.65. The number of carboxylic acids is 1. The van der Waals surface area contributed by atoms with E-state index in [1.54, 1.807) is 36.4 Å². The van der Waals surface area contributed by atoms with E-state index in [0.29, 0.717) is 23.4 Å². The largest absolute Gasteiger partial charge is 0.478 e. The zero-order valence-corrected chi connectivity index (χ0v) is 19.0. The highest BCUT2D eigenvalue weighted by Crippen LogP contribution is 2.20. The van der Waals surface area contributed by atoms with Crippen LogP contribution in [0, 0.1) is 0 Å². The van der Waals surface area contributed by atoms with Crippen molar-refractivity contribution in [2.24, 2.45) is 0 Å². The van der Waals surface area contributed by atoms with Crippen molar-refractivity contribution in [3.05, 3.63) is 77.1 Å². The summed E-state index contributed by atoms with van der Waals surface area (Å²) in [6.07, 6.45) is 3.33. The Morgan fingerprint density at radius 1 is 1.09 bits per heavy atom. The number of nitrogens with one attached hydrogen (secondary N) is 3. The van der Waals surface area contributed by atoms with Crippen molar-refractivity contribution in [2.75, 3.05) is 18.8 Å². The number of piperidine rings is 1. The lowest BCUT2D eigenvalue weighted by Gasteiger charge is -2.23. The van der Waals surface area contributed by atoms with E-state index in [1.807, 2.05) is 0 Å². The minimum atomic E-state index is -1.00. The van der Waals surface area contributed by atoms with Gasteiger partial charge in [0.2, 0.25) is 0 Å². The summed E-state index contributed by atoms with van der Waals surface area (Å²) in [6, 6.07) is 13.1. The maximum atomic E-state index is 12.8. The molecule has 1 aliphatic heterocycles. The molecule has 0 unspecified atom stereocenters. The topological polar surface area (TPSA) is 159 Å². The lowest BCUT2D eigenvalue weighted by atomic mass is 10.1. The third-order valence-electron chi connectivity index (χ3n) is 5.72. The normalized spacial score (nSPS) is 15.3. The number of benzene rings is 2. The molecule has 1 atom stereocenters. The Labute approximate surface area is 202 Å². The van der Waals surface area contributed by atoms with Crippen molar-refractivity contribution >= 4 is 23.6 Å². The number of amides is 2. The molecule has 0 bridgehead atoms. The number of carboxylic acid groups (broad SMARTS) is 1. The molecule has 4 rings (SSSR count). The van der Waals surface area contributed by atoms with Gasteiger partial charge in [-0.25, -0.2) is 14.8 Å². The lowest BCUT2D eigenvalue weighted by molar-refractivity contribution is 0.0696. The van der Waals surface area contributed by atoms with Crippen molar-refractivity contribution in [2.45, 2.75) is 25.4 Å². The van der Waals surface area contributed by atoms with E-state index in [9.17, 15) is 14.4 Å². The number of hydrogen-bond acceptors (Lipinski definition) is 7. The third-order valence-corrected chi connectivity index (χ3v) is 5.72. The van der Waals surface area contributed by atoms with Gasteiger partial charge in [0.25, 0.3) is 11.8 Å². The summed E-state index contributed by atoms with van der Waals surface area (Å²) >= 11 is 0. The first kappa shape index (κ1) is 23.8. The number of carbonyl (C=O) groups excluding carboxylic acids is 2. The quantitative estimate of drug-likeness (QED) is 0.347. The summed E-state index contributed by atoms with van der Waals surface area (Å²) in [7, 11) is 0. The summed E-state index contributed by atoms with van der Waals surface area (Å²) < 4.78 is 0. The van der Waals surface area contributed by atoms with Crippen LogP contribution in [0.5, 0.6) is 0 Å². The first-order chi connectivity index (χ1) is 16.9. The van der Waals surface area contributed by atoms with Gasteiger partial charge in [-0.2, -0.15) is 0 Å². The molecule has 10 heteroatoms. The zero-order chi connectivity index (χ0) is 24.8. The molecule has 2 aromatic carbocycles. The van der Waals surface area contributed by atoms with Crippen LogP contribution in [0.15, 0.2) is 54.7 Å². The number of hydrogen-bond donors (Lipinski definition) is 5. The maximum absolute atomic E-state index is 12.8. The van der Waals surface area contributed by atoms with Crippen LogP contribution < -0.4 is 21.7 Å². The number of carbonyl (C=O) groups is 3. The van der Waals surface area contributed by atoms with Gasteiger partial charge in [-0.05, 0) is 49.2 Å². The smallest absolute Gasteiger partial charge is 0.335 e. The maximum Gasteiger partial charge on any atom is 0.335 e. The van der Waals surface area contributed by atoms with Crippen molar-refractivity contribution in [1.29, 1.82) is 0 Å². The van der Waals surface area contributed by atoms with Crippen molar-refractivity contribution in [3.8, 4) is 11.3 Å². The fourth-order valence-corrected chi connectivity index (χ4v) is 3.80. The minimum absolute atomic E-state index is 0.00783. The molecule has 35 heavy (non-hydrogen) atoms. The minimum Gasteiger partial charge on any atom is -0.478 e. The van der Waals surface area contributed by atoms with Gasteiger partial charge in [-0.3, -0.25) is 9.59 Å². The Kier molecular flexibility index (Phi) is 7.32. The molecule has 180 valence electrons. The Hall–Kier alpha value is -4.31. The van der Waals surface area contributed by atoms with Crippen LogP contribution in [0.25, 0.3) is 11.3 Å². The number of nitrogens with zero attached hydrogens (tertiary/aromatic N) is 2. The van der Waals surface area contributed by atoms with Crippen LogP contribution in [-0.2, 0) is 6.54 Å². The van der Waals surface area contributed by atoms with Crippen molar-refractivity contribution in [1.82, 2.24) is 25.9 Å².